The summed E-state index contributed by atoms with van der Waals surface area (Å²) >= 11 is 0. The van der Waals surface area contributed by atoms with Crippen molar-refractivity contribution in [1.29, 1.82) is 0 Å². The van der Waals surface area contributed by atoms with Gasteiger partial charge in [0, 0.05) is 43.8 Å². The van der Waals surface area contributed by atoms with Crippen molar-refractivity contribution in [3.05, 3.63) is 58.8 Å². The topological polar surface area (TPSA) is 88.1 Å². The fourth-order valence-electron chi connectivity index (χ4n) is 3.31. The van der Waals surface area contributed by atoms with Gasteiger partial charge in [-0.1, -0.05) is 6.07 Å². The van der Waals surface area contributed by atoms with E-state index in [1.54, 1.807) is 30.4 Å². The summed E-state index contributed by atoms with van der Waals surface area (Å²) in [6.07, 6.45) is 5.42. The molecule has 2 N–H and O–H groups in total. The van der Waals surface area contributed by atoms with Crippen molar-refractivity contribution in [3.8, 4) is 5.69 Å². The Kier molecular flexibility index (Phi) is 4.88. The number of aromatic nitrogens is 4. The van der Waals surface area contributed by atoms with E-state index in [2.05, 4.69) is 37.4 Å². The van der Waals surface area contributed by atoms with Gasteiger partial charge in [0.25, 0.3) is 0 Å². The lowest BCUT2D eigenvalue weighted by Crippen LogP contribution is -2.32. The minimum atomic E-state index is -0.177. The molecule has 0 amide bonds. The van der Waals surface area contributed by atoms with E-state index in [0.29, 0.717) is 18.2 Å². The molecule has 0 saturated carbocycles. The van der Waals surface area contributed by atoms with Gasteiger partial charge >= 0.3 is 0 Å². The van der Waals surface area contributed by atoms with Gasteiger partial charge in [-0.2, -0.15) is 4.98 Å². The van der Waals surface area contributed by atoms with Crippen LogP contribution < -0.4 is 15.8 Å². The molecule has 3 heterocycles. The lowest BCUT2D eigenvalue weighted by molar-refractivity contribution is 0.205. The summed E-state index contributed by atoms with van der Waals surface area (Å²) in [5.74, 6) is 0.481. The van der Waals surface area contributed by atoms with Crippen molar-refractivity contribution in [2.75, 3.05) is 37.0 Å². The first-order chi connectivity index (χ1) is 13.2. The number of nitrogens with one attached hydrogen (secondary N) is 2. The summed E-state index contributed by atoms with van der Waals surface area (Å²) in [6, 6.07) is 9.59. The van der Waals surface area contributed by atoms with E-state index in [4.69, 9.17) is 4.74 Å². The van der Waals surface area contributed by atoms with Crippen LogP contribution in [-0.4, -0.2) is 46.6 Å². The second-order valence-electron chi connectivity index (χ2n) is 6.48. The fourth-order valence-corrected chi connectivity index (χ4v) is 3.31. The van der Waals surface area contributed by atoms with Crippen molar-refractivity contribution in [2.24, 2.45) is 0 Å². The summed E-state index contributed by atoms with van der Waals surface area (Å²) in [5, 5.41) is 7.65. The van der Waals surface area contributed by atoms with Gasteiger partial charge in [0.2, 0.25) is 11.5 Å². The third-order valence-electron chi connectivity index (χ3n) is 4.64. The number of H-pyrrole nitrogens is 1. The molecule has 3 aromatic rings. The zero-order valence-corrected chi connectivity index (χ0v) is 15.2. The Hall–Kier alpha value is -3.13. The Morgan fingerprint density at radius 2 is 2.22 bits per heavy atom. The fraction of sp³-hybridized carbons (Fsp3) is 0.316. The molecule has 2 aromatic heterocycles. The quantitative estimate of drug-likeness (QED) is 0.695. The van der Waals surface area contributed by atoms with Crippen LogP contribution >= 0.6 is 0 Å². The van der Waals surface area contributed by atoms with E-state index >= 15 is 0 Å². The number of hydrogen-bond donors (Lipinski definition) is 2. The monoisotopic (exact) mass is 366 g/mol. The van der Waals surface area contributed by atoms with E-state index in [1.807, 2.05) is 6.07 Å². The summed E-state index contributed by atoms with van der Waals surface area (Å²) in [6.45, 7) is 2.62. The average Bonchev–Trinajstić information content (AvgIpc) is 3.15. The second kappa shape index (κ2) is 7.63. The number of hydrogen-bond acceptors (Lipinski definition) is 6. The minimum Gasteiger partial charge on any atom is -0.383 e. The molecule has 0 radical (unpaired) electrons. The van der Waals surface area contributed by atoms with Crippen molar-refractivity contribution in [3.63, 3.8) is 0 Å². The van der Waals surface area contributed by atoms with E-state index in [9.17, 15) is 4.79 Å². The summed E-state index contributed by atoms with van der Waals surface area (Å²) in [4.78, 5) is 20.7. The Balaban J connectivity index is 1.54. The van der Waals surface area contributed by atoms with Crippen LogP contribution in [0, 0.1) is 0 Å². The van der Waals surface area contributed by atoms with Gasteiger partial charge < -0.3 is 19.9 Å². The van der Waals surface area contributed by atoms with Crippen LogP contribution in [0.3, 0.4) is 0 Å². The van der Waals surface area contributed by atoms with Crippen LogP contribution in [0.25, 0.3) is 5.69 Å². The predicted molar refractivity (Wildman–Crippen MR) is 104 cm³/mol. The molecule has 1 aliphatic rings. The molecule has 0 spiro atoms. The van der Waals surface area contributed by atoms with E-state index in [0.717, 1.165) is 31.6 Å². The Morgan fingerprint density at radius 1 is 1.30 bits per heavy atom. The summed E-state index contributed by atoms with van der Waals surface area (Å²) in [7, 11) is 1.73. The van der Waals surface area contributed by atoms with E-state index < -0.39 is 0 Å². The number of nitrogens with zero attached hydrogens (tertiary/aromatic N) is 4. The third-order valence-corrected chi connectivity index (χ3v) is 4.64. The maximum atomic E-state index is 11.5. The molecule has 4 rings (SSSR count). The van der Waals surface area contributed by atoms with Crippen LogP contribution in [0.1, 0.15) is 12.0 Å². The molecule has 0 fully saturated rings. The molecule has 27 heavy (non-hydrogen) atoms. The maximum absolute atomic E-state index is 11.5. The van der Waals surface area contributed by atoms with Crippen molar-refractivity contribution < 1.29 is 4.74 Å². The molecule has 1 aliphatic heterocycles. The Labute approximate surface area is 156 Å². The van der Waals surface area contributed by atoms with Crippen molar-refractivity contribution in [2.45, 2.75) is 12.8 Å². The van der Waals surface area contributed by atoms with Gasteiger partial charge in [-0.3, -0.25) is 4.79 Å². The maximum Gasteiger partial charge on any atom is 0.250 e. The highest BCUT2D eigenvalue weighted by Crippen LogP contribution is 2.30. The van der Waals surface area contributed by atoms with Crippen molar-refractivity contribution >= 4 is 17.3 Å². The highest BCUT2D eigenvalue weighted by molar-refractivity contribution is 5.66. The lowest BCUT2D eigenvalue weighted by atomic mass is 10.0. The van der Waals surface area contributed by atoms with Crippen LogP contribution in [-0.2, 0) is 11.2 Å². The molecular formula is C19H22N6O2. The molecule has 1 aromatic carbocycles. The molecule has 8 heteroatoms. The number of ether oxygens (including phenoxy) is 1. The van der Waals surface area contributed by atoms with Gasteiger partial charge in [0.1, 0.15) is 6.33 Å². The first-order valence-corrected chi connectivity index (χ1v) is 8.97. The number of benzene rings is 1. The molecule has 0 unspecified atom stereocenters. The molecule has 0 aliphatic carbocycles. The van der Waals surface area contributed by atoms with E-state index in [1.165, 1.54) is 17.3 Å². The zero-order chi connectivity index (χ0) is 18.6. The largest absolute Gasteiger partial charge is 0.383 e. The van der Waals surface area contributed by atoms with Gasteiger partial charge in [-0.05, 0) is 36.6 Å². The van der Waals surface area contributed by atoms with Gasteiger partial charge in [0.05, 0.1) is 12.3 Å². The number of methoxy groups -OCH3 is 1. The smallest absolute Gasteiger partial charge is 0.250 e. The van der Waals surface area contributed by atoms with Crippen molar-refractivity contribution in [1.82, 2.24) is 19.7 Å². The Morgan fingerprint density at radius 3 is 3.07 bits per heavy atom. The number of aromatic amines is 1. The summed E-state index contributed by atoms with van der Waals surface area (Å²) < 4.78 is 6.80. The molecular weight excluding hydrogens is 344 g/mol. The zero-order valence-electron chi connectivity index (χ0n) is 15.2. The van der Waals surface area contributed by atoms with Crippen LogP contribution in [0.2, 0.25) is 0 Å². The lowest BCUT2D eigenvalue weighted by Gasteiger charge is -2.31. The molecule has 8 nitrogen and oxygen atoms in total. The normalized spacial score (nSPS) is 13.4. The summed E-state index contributed by atoms with van der Waals surface area (Å²) in [5.41, 5.74) is 4.00. The second-order valence-corrected chi connectivity index (χ2v) is 6.48. The number of fused-ring (bicyclic) bond motifs is 1. The van der Waals surface area contributed by atoms with Crippen LogP contribution in [0.15, 0.2) is 47.7 Å². The highest BCUT2D eigenvalue weighted by Gasteiger charge is 2.17. The molecule has 0 saturated heterocycles. The number of pyridine rings is 1. The van der Waals surface area contributed by atoms with E-state index in [-0.39, 0.29) is 5.56 Å². The molecule has 0 atom stereocenters. The van der Waals surface area contributed by atoms with Crippen LogP contribution in [0.5, 0.6) is 0 Å². The molecule has 140 valence electrons. The SMILES string of the molecule is COCCN1CCCc2ccc(Nc3ncn(-c4cc[nH]c(=O)c4)n3)cc21. The highest BCUT2D eigenvalue weighted by atomic mass is 16.5. The Bertz CT molecular complexity index is 980. The first kappa shape index (κ1) is 17.3. The number of rotatable bonds is 6. The minimum absolute atomic E-state index is 0.177. The molecule has 0 bridgehead atoms. The average molecular weight is 366 g/mol. The standard InChI is InChI=1S/C19H22N6O2/c1-27-10-9-24-8-2-3-14-4-5-15(11-17(14)24)22-19-21-13-25(23-19)16-6-7-20-18(26)12-16/h4-7,11-13H,2-3,8-10H2,1H3,(H,20,26)(H,22,23). The van der Waals surface area contributed by atoms with Gasteiger partial charge in [0.15, 0.2) is 0 Å². The van der Waals surface area contributed by atoms with Gasteiger partial charge in [-0.15, -0.1) is 5.10 Å². The predicted octanol–water partition coefficient (Wildman–Crippen LogP) is 2.10. The third kappa shape index (κ3) is 3.85. The van der Waals surface area contributed by atoms with Gasteiger partial charge in [-0.25, -0.2) is 4.68 Å². The number of anilines is 3. The first-order valence-electron chi connectivity index (χ1n) is 8.97. The van der Waals surface area contributed by atoms with Crippen LogP contribution in [0.4, 0.5) is 17.3 Å². The number of aryl methyl sites for hydroxylation is 1.